The van der Waals surface area contributed by atoms with Crippen molar-refractivity contribution in [1.82, 2.24) is 4.90 Å². The summed E-state index contributed by atoms with van der Waals surface area (Å²) in [6.45, 7) is 6.48. The van der Waals surface area contributed by atoms with Crippen LogP contribution >= 0.6 is 9.24 Å². The Balaban J connectivity index is 2.49. The first-order chi connectivity index (χ1) is 8.82. The van der Waals surface area contributed by atoms with Crippen molar-refractivity contribution in [3.63, 3.8) is 0 Å². The van der Waals surface area contributed by atoms with Crippen molar-refractivity contribution < 1.29 is 9.59 Å². The van der Waals surface area contributed by atoms with E-state index in [0.29, 0.717) is 6.54 Å². The molecule has 1 saturated heterocycles. The van der Waals surface area contributed by atoms with E-state index >= 15 is 0 Å². The zero-order chi connectivity index (χ0) is 14.4. The van der Waals surface area contributed by atoms with Gasteiger partial charge in [0.2, 0.25) is 5.91 Å². The molecule has 4 atom stereocenters. The van der Waals surface area contributed by atoms with E-state index in [1.165, 1.54) is 0 Å². The molecule has 102 valence electrons. The van der Waals surface area contributed by atoms with E-state index in [1.807, 2.05) is 31.7 Å². The summed E-state index contributed by atoms with van der Waals surface area (Å²) >= 11 is 0. The maximum absolute atomic E-state index is 12.7. The number of carbonyl (C=O) groups is 2. The fraction of sp³-hybridized carbons (Fsp3) is 0.643. The SMILES string of the molecule is CC(C)N1CC[C@@H]2[C@@H](C)C(=O)C(C#N)=C[C@@]2(P)C1=O. The lowest BCUT2D eigenvalue weighted by molar-refractivity contribution is -0.141. The van der Waals surface area contributed by atoms with Crippen LogP contribution in [0, 0.1) is 23.2 Å². The number of piperidine rings is 1. The highest BCUT2D eigenvalue weighted by Gasteiger charge is 2.53. The number of rotatable bonds is 1. The highest BCUT2D eigenvalue weighted by atomic mass is 31.0. The highest BCUT2D eigenvalue weighted by molar-refractivity contribution is 7.21. The first-order valence-corrected chi connectivity index (χ1v) is 7.17. The fourth-order valence-corrected chi connectivity index (χ4v) is 3.96. The summed E-state index contributed by atoms with van der Waals surface area (Å²) in [5, 5.41) is 8.28. The second-order valence-corrected chi connectivity index (χ2v) is 6.70. The van der Waals surface area contributed by atoms with Gasteiger partial charge in [-0.3, -0.25) is 9.59 Å². The number of Topliss-reactive ketones (excluding diaryl/α,β-unsaturated/α-hetero) is 1. The number of nitriles is 1. The van der Waals surface area contributed by atoms with Gasteiger partial charge in [-0.2, -0.15) is 5.26 Å². The summed E-state index contributed by atoms with van der Waals surface area (Å²) in [4.78, 5) is 26.6. The Morgan fingerprint density at radius 3 is 2.68 bits per heavy atom. The lowest BCUT2D eigenvalue weighted by atomic mass is 9.68. The first-order valence-electron chi connectivity index (χ1n) is 6.60. The molecule has 1 aliphatic carbocycles. The van der Waals surface area contributed by atoms with E-state index in [4.69, 9.17) is 5.26 Å². The smallest absolute Gasteiger partial charge is 0.237 e. The van der Waals surface area contributed by atoms with Gasteiger partial charge >= 0.3 is 0 Å². The van der Waals surface area contributed by atoms with E-state index in [9.17, 15) is 9.59 Å². The van der Waals surface area contributed by atoms with Crippen molar-refractivity contribution in [1.29, 1.82) is 5.26 Å². The third-order valence-electron chi connectivity index (χ3n) is 4.34. The molecule has 5 heteroatoms. The van der Waals surface area contributed by atoms with Crippen molar-refractivity contribution in [2.75, 3.05) is 6.54 Å². The minimum absolute atomic E-state index is 0.0100. The van der Waals surface area contributed by atoms with Crippen LogP contribution in [0.5, 0.6) is 0 Å². The van der Waals surface area contributed by atoms with Gasteiger partial charge in [0, 0.05) is 18.5 Å². The third kappa shape index (κ3) is 2.01. The Hall–Kier alpha value is -1.20. The van der Waals surface area contributed by atoms with E-state index in [1.54, 1.807) is 6.08 Å². The topological polar surface area (TPSA) is 61.2 Å². The summed E-state index contributed by atoms with van der Waals surface area (Å²) in [5.41, 5.74) is 0.123. The van der Waals surface area contributed by atoms with Crippen molar-refractivity contribution in [3.8, 4) is 6.07 Å². The molecule has 1 amide bonds. The molecule has 0 aromatic carbocycles. The molecule has 2 rings (SSSR count). The molecule has 1 unspecified atom stereocenters. The maximum Gasteiger partial charge on any atom is 0.237 e. The summed E-state index contributed by atoms with van der Waals surface area (Å²) in [6.07, 6.45) is 2.37. The Bertz CT molecular complexity index is 506. The molecule has 0 radical (unpaired) electrons. The van der Waals surface area contributed by atoms with E-state index in [2.05, 4.69) is 9.24 Å². The van der Waals surface area contributed by atoms with Gasteiger partial charge in [-0.15, -0.1) is 9.24 Å². The average molecular weight is 278 g/mol. The van der Waals surface area contributed by atoms with Crippen molar-refractivity contribution in [3.05, 3.63) is 11.6 Å². The standard InChI is InChI=1S/C14H19N2O2P/c1-8(2)16-5-4-11-9(3)12(17)10(7-15)6-14(11,19)13(16)18/h6,8-9,11H,4-5,19H2,1-3H3/t9-,11-,14+/m1/s1. The number of ketones is 1. The van der Waals surface area contributed by atoms with Crippen LogP contribution in [0.1, 0.15) is 27.2 Å². The van der Waals surface area contributed by atoms with Crippen LogP contribution in [0.2, 0.25) is 0 Å². The number of likely N-dealkylation sites (tertiary alicyclic amines) is 1. The van der Waals surface area contributed by atoms with Gasteiger partial charge in [-0.1, -0.05) is 6.92 Å². The van der Waals surface area contributed by atoms with E-state index < -0.39 is 5.16 Å². The van der Waals surface area contributed by atoms with Crippen molar-refractivity contribution in [2.45, 2.75) is 38.4 Å². The predicted octanol–water partition coefficient (Wildman–Crippen LogP) is 1.53. The van der Waals surface area contributed by atoms with Gasteiger partial charge in [-0.05, 0) is 32.3 Å². The Morgan fingerprint density at radius 1 is 1.53 bits per heavy atom. The molecule has 0 spiro atoms. The van der Waals surface area contributed by atoms with Crippen LogP contribution in [0.25, 0.3) is 0 Å². The lowest BCUT2D eigenvalue weighted by Gasteiger charge is -2.48. The number of hydrogen-bond donors (Lipinski definition) is 0. The Labute approximate surface area is 116 Å². The highest BCUT2D eigenvalue weighted by Crippen LogP contribution is 2.46. The summed E-state index contributed by atoms with van der Waals surface area (Å²) < 4.78 is 0. The quantitative estimate of drug-likeness (QED) is 0.683. The molecule has 0 aromatic rings. The molecule has 0 N–H and O–H groups in total. The van der Waals surface area contributed by atoms with Crippen LogP contribution in [0.4, 0.5) is 0 Å². The molecule has 0 aromatic heterocycles. The van der Waals surface area contributed by atoms with Crippen LogP contribution < -0.4 is 0 Å². The fourth-order valence-electron chi connectivity index (χ4n) is 3.18. The molecule has 4 nitrogen and oxygen atoms in total. The van der Waals surface area contributed by atoms with Crippen LogP contribution in [0.3, 0.4) is 0 Å². The first kappa shape index (κ1) is 14.2. The van der Waals surface area contributed by atoms with Crippen molar-refractivity contribution >= 4 is 20.9 Å². The molecule has 2 aliphatic rings. The Morgan fingerprint density at radius 2 is 2.16 bits per heavy atom. The number of fused-ring (bicyclic) bond motifs is 1. The number of carbonyl (C=O) groups excluding carboxylic acids is 2. The van der Waals surface area contributed by atoms with Gasteiger partial charge in [-0.25, -0.2) is 0 Å². The summed E-state index contributed by atoms with van der Waals surface area (Å²) in [5.74, 6) is -0.410. The predicted molar refractivity (Wildman–Crippen MR) is 75.3 cm³/mol. The molecule has 0 saturated carbocycles. The minimum atomic E-state index is -0.791. The second-order valence-electron chi connectivity index (χ2n) is 5.74. The largest absolute Gasteiger partial charge is 0.339 e. The zero-order valence-corrected chi connectivity index (χ0v) is 12.7. The average Bonchev–Trinajstić information content (AvgIpc) is 2.36. The molecular formula is C14H19N2O2P. The summed E-state index contributed by atoms with van der Waals surface area (Å²) in [6, 6.07) is 2.07. The summed E-state index contributed by atoms with van der Waals surface area (Å²) in [7, 11) is 2.61. The molecule has 1 aliphatic heterocycles. The maximum atomic E-state index is 12.7. The van der Waals surface area contributed by atoms with E-state index in [-0.39, 0.29) is 35.1 Å². The Kier molecular flexibility index (Phi) is 3.53. The molecule has 1 heterocycles. The van der Waals surface area contributed by atoms with Gasteiger partial charge < -0.3 is 4.90 Å². The van der Waals surface area contributed by atoms with Crippen LogP contribution in [0.15, 0.2) is 11.6 Å². The third-order valence-corrected chi connectivity index (χ3v) is 5.18. The minimum Gasteiger partial charge on any atom is -0.339 e. The van der Waals surface area contributed by atoms with Crippen molar-refractivity contribution in [2.24, 2.45) is 11.8 Å². The monoisotopic (exact) mass is 278 g/mol. The number of amides is 1. The zero-order valence-electron chi connectivity index (χ0n) is 11.5. The number of nitrogens with zero attached hydrogens (tertiary/aromatic N) is 2. The molecular weight excluding hydrogens is 259 g/mol. The normalized spacial score (nSPS) is 34.9. The number of hydrogen-bond acceptors (Lipinski definition) is 3. The van der Waals surface area contributed by atoms with E-state index in [0.717, 1.165) is 6.42 Å². The second kappa shape index (κ2) is 4.72. The molecule has 19 heavy (non-hydrogen) atoms. The van der Waals surface area contributed by atoms with Crippen LogP contribution in [-0.4, -0.2) is 34.3 Å². The lowest BCUT2D eigenvalue weighted by Crippen LogP contribution is -2.59. The van der Waals surface area contributed by atoms with Gasteiger partial charge in [0.25, 0.3) is 0 Å². The molecule has 0 bridgehead atoms. The van der Waals surface area contributed by atoms with Crippen LogP contribution in [-0.2, 0) is 9.59 Å². The molecule has 1 fully saturated rings. The van der Waals surface area contributed by atoms with Gasteiger partial charge in [0.05, 0.1) is 10.7 Å². The van der Waals surface area contributed by atoms with Gasteiger partial charge in [0.1, 0.15) is 6.07 Å². The van der Waals surface area contributed by atoms with Gasteiger partial charge in [0.15, 0.2) is 5.78 Å². The number of allylic oxidation sites excluding steroid dienone is 1.